The van der Waals surface area contributed by atoms with Crippen LogP contribution in [-0.2, 0) is 0 Å². The predicted molar refractivity (Wildman–Crippen MR) is 38.8 cm³/mol. The molecule has 0 aliphatic rings. The first-order valence-corrected chi connectivity index (χ1v) is 2.95. The van der Waals surface area contributed by atoms with E-state index in [4.69, 9.17) is 5.11 Å². The van der Waals surface area contributed by atoms with E-state index < -0.39 is 6.10 Å². The summed E-state index contributed by atoms with van der Waals surface area (Å²) in [5.41, 5.74) is 0. The number of hydrogen-bond acceptors (Lipinski definition) is 1. The van der Waals surface area contributed by atoms with E-state index in [1.807, 2.05) is 6.92 Å². The normalized spacial score (nSPS) is 15.0. The molecule has 1 heteroatoms. The van der Waals surface area contributed by atoms with Crippen LogP contribution in [0.15, 0.2) is 12.7 Å². The predicted octanol–water partition coefficient (Wildman–Crippen LogP) is 1.19. The molecule has 0 fully saturated rings. The summed E-state index contributed by atoms with van der Waals surface area (Å²) in [7, 11) is 0. The van der Waals surface area contributed by atoms with Crippen LogP contribution in [0.5, 0.6) is 0 Å². The molecule has 0 rings (SSSR count). The summed E-state index contributed by atoms with van der Waals surface area (Å²) in [6, 6.07) is 0. The van der Waals surface area contributed by atoms with Gasteiger partial charge in [0.2, 0.25) is 0 Å². The third-order valence-corrected chi connectivity index (χ3v) is 1.16. The third-order valence-electron chi connectivity index (χ3n) is 1.16. The standard InChI is InChI=1S/C8H12O/c1-4-6-8(9)7(3)5-2/h5,7-9H,2H2,1,3H3/t7-,8-/m1/s1. The van der Waals surface area contributed by atoms with E-state index in [0.717, 1.165) is 0 Å². The Hall–Kier alpha value is -0.740. The van der Waals surface area contributed by atoms with Gasteiger partial charge in [0, 0.05) is 5.92 Å². The minimum atomic E-state index is -0.549. The molecule has 0 heterocycles. The third kappa shape index (κ3) is 2.94. The molecular weight excluding hydrogens is 112 g/mol. The minimum absolute atomic E-state index is 0.0671. The van der Waals surface area contributed by atoms with Crippen molar-refractivity contribution < 1.29 is 5.11 Å². The van der Waals surface area contributed by atoms with Gasteiger partial charge < -0.3 is 5.11 Å². The number of rotatable bonds is 2. The summed E-state index contributed by atoms with van der Waals surface area (Å²) in [6.07, 6.45) is 1.14. The van der Waals surface area contributed by atoms with Crippen LogP contribution in [-0.4, -0.2) is 11.2 Å². The van der Waals surface area contributed by atoms with E-state index in [1.165, 1.54) is 0 Å². The lowest BCUT2D eigenvalue weighted by Crippen LogP contribution is -2.12. The van der Waals surface area contributed by atoms with Gasteiger partial charge in [-0.3, -0.25) is 0 Å². The molecule has 0 aromatic carbocycles. The second kappa shape index (κ2) is 4.17. The van der Waals surface area contributed by atoms with Crippen molar-refractivity contribution in [3.05, 3.63) is 12.7 Å². The highest BCUT2D eigenvalue weighted by atomic mass is 16.3. The van der Waals surface area contributed by atoms with Crippen LogP contribution >= 0.6 is 0 Å². The Morgan fingerprint density at radius 1 is 1.67 bits per heavy atom. The molecule has 0 amide bonds. The molecule has 0 unspecified atom stereocenters. The van der Waals surface area contributed by atoms with Crippen LogP contribution in [0.1, 0.15) is 13.8 Å². The smallest absolute Gasteiger partial charge is 0.120 e. The Labute approximate surface area is 56.4 Å². The Bertz CT molecular complexity index is 138. The highest BCUT2D eigenvalue weighted by Gasteiger charge is 2.04. The maximum atomic E-state index is 9.07. The van der Waals surface area contributed by atoms with E-state index in [1.54, 1.807) is 13.0 Å². The molecule has 1 nitrogen and oxygen atoms in total. The van der Waals surface area contributed by atoms with Crippen molar-refractivity contribution in [2.75, 3.05) is 0 Å². The molecule has 0 aliphatic carbocycles. The molecule has 0 spiro atoms. The Morgan fingerprint density at radius 3 is 2.56 bits per heavy atom. The zero-order chi connectivity index (χ0) is 7.28. The second-order valence-electron chi connectivity index (χ2n) is 1.93. The largest absolute Gasteiger partial charge is 0.380 e. The molecular formula is C8H12O. The first-order valence-electron chi connectivity index (χ1n) is 2.95. The van der Waals surface area contributed by atoms with Gasteiger partial charge in [0.05, 0.1) is 0 Å². The van der Waals surface area contributed by atoms with Gasteiger partial charge in [-0.05, 0) is 6.92 Å². The van der Waals surface area contributed by atoms with Gasteiger partial charge in [-0.25, -0.2) is 0 Å². The molecule has 0 saturated carbocycles. The molecule has 0 bridgehead atoms. The molecule has 9 heavy (non-hydrogen) atoms. The molecule has 0 aromatic heterocycles. The first kappa shape index (κ1) is 8.26. The van der Waals surface area contributed by atoms with Gasteiger partial charge >= 0.3 is 0 Å². The van der Waals surface area contributed by atoms with Crippen LogP contribution in [0.2, 0.25) is 0 Å². The lowest BCUT2D eigenvalue weighted by molar-refractivity contribution is 0.195. The van der Waals surface area contributed by atoms with Crippen LogP contribution in [0.3, 0.4) is 0 Å². The van der Waals surface area contributed by atoms with Crippen LogP contribution in [0.25, 0.3) is 0 Å². The van der Waals surface area contributed by atoms with Crippen LogP contribution in [0, 0.1) is 17.8 Å². The first-order chi connectivity index (χ1) is 4.22. The minimum Gasteiger partial charge on any atom is -0.380 e. The lowest BCUT2D eigenvalue weighted by atomic mass is 10.1. The summed E-state index contributed by atoms with van der Waals surface area (Å²) in [5.74, 6) is 5.33. The Kier molecular flexibility index (Phi) is 3.83. The summed E-state index contributed by atoms with van der Waals surface area (Å²) < 4.78 is 0. The van der Waals surface area contributed by atoms with Gasteiger partial charge in [0.1, 0.15) is 6.10 Å². The van der Waals surface area contributed by atoms with Crippen molar-refractivity contribution in [3.63, 3.8) is 0 Å². The highest BCUT2D eigenvalue weighted by molar-refractivity contribution is 5.05. The molecule has 0 radical (unpaired) electrons. The van der Waals surface area contributed by atoms with Crippen molar-refractivity contribution in [1.82, 2.24) is 0 Å². The molecule has 1 N–H and O–H groups in total. The summed E-state index contributed by atoms with van der Waals surface area (Å²) in [5, 5.41) is 9.07. The van der Waals surface area contributed by atoms with Gasteiger partial charge in [0.15, 0.2) is 0 Å². The quantitative estimate of drug-likeness (QED) is 0.433. The fourth-order valence-electron chi connectivity index (χ4n) is 0.408. The number of hydrogen-bond donors (Lipinski definition) is 1. The summed E-state index contributed by atoms with van der Waals surface area (Å²) in [4.78, 5) is 0. The van der Waals surface area contributed by atoms with Crippen LogP contribution in [0.4, 0.5) is 0 Å². The average molecular weight is 124 g/mol. The van der Waals surface area contributed by atoms with Gasteiger partial charge in [-0.15, -0.1) is 12.5 Å². The van der Waals surface area contributed by atoms with Crippen LogP contribution < -0.4 is 0 Å². The van der Waals surface area contributed by atoms with Crippen molar-refractivity contribution in [1.29, 1.82) is 0 Å². The maximum Gasteiger partial charge on any atom is 0.120 e. The molecule has 0 aromatic rings. The van der Waals surface area contributed by atoms with E-state index in [2.05, 4.69) is 18.4 Å². The van der Waals surface area contributed by atoms with Gasteiger partial charge in [-0.2, -0.15) is 0 Å². The van der Waals surface area contributed by atoms with Crippen molar-refractivity contribution in [2.45, 2.75) is 20.0 Å². The zero-order valence-corrected chi connectivity index (χ0v) is 5.89. The van der Waals surface area contributed by atoms with Crippen molar-refractivity contribution in [3.8, 4) is 11.8 Å². The fraction of sp³-hybridized carbons (Fsp3) is 0.500. The molecule has 50 valence electrons. The van der Waals surface area contributed by atoms with E-state index in [0.29, 0.717) is 0 Å². The fourth-order valence-corrected chi connectivity index (χ4v) is 0.408. The molecule has 0 aliphatic heterocycles. The highest BCUT2D eigenvalue weighted by Crippen LogP contribution is 2.01. The maximum absolute atomic E-state index is 9.07. The van der Waals surface area contributed by atoms with Gasteiger partial charge in [0.25, 0.3) is 0 Å². The molecule has 2 atom stereocenters. The van der Waals surface area contributed by atoms with Crippen molar-refractivity contribution >= 4 is 0 Å². The summed E-state index contributed by atoms with van der Waals surface area (Å²) >= 11 is 0. The van der Waals surface area contributed by atoms with Gasteiger partial charge in [-0.1, -0.05) is 18.9 Å². The second-order valence-corrected chi connectivity index (χ2v) is 1.93. The number of aliphatic hydroxyl groups excluding tert-OH is 1. The van der Waals surface area contributed by atoms with E-state index in [9.17, 15) is 0 Å². The zero-order valence-electron chi connectivity index (χ0n) is 5.89. The Balaban J connectivity index is 3.81. The average Bonchev–Trinajstić information content (AvgIpc) is 1.87. The molecule has 0 saturated heterocycles. The number of aliphatic hydroxyl groups is 1. The van der Waals surface area contributed by atoms with E-state index in [-0.39, 0.29) is 5.92 Å². The Morgan fingerprint density at radius 2 is 2.22 bits per heavy atom. The summed E-state index contributed by atoms with van der Waals surface area (Å²) in [6.45, 7) is 7.12. The lowest BCUT2D eigenvalue weighted by Gasteiger charge is -2.06. The van der Waals surface area contributed by atoms with Crippen molar-refractivity contribution in [2.24, 2.45) is 5.92 Å². The monoisotopic (exact) mass is 124 g/mol. The van der Waals surface area contributed by atoms with E-state index >= 15 is 0 Å². The SMILES string of the molecule is C=C[C@@H](C)[C@H](O)C#CC. The topological polar surface area (TPSA) is 20.2 Å².